The van der Waals surface area contributed by atoms with Crippen LogP contribution in [0.5, 0.6) is 0 Å². The molecule has 0 atom stereocenters. The van der Waals surface area contributed by atoms with Crippen molar-refractivity contribution in [2.45, 2.75) is 0 Å². The summed E-state index contributed by atoms with van der Waals surface area (Å²) in [5.74, 6) is 0. The van der Waals surface area contributed by atoms with Crippen molar-refractivity contribution >= 4 is 21.4 Å². The fraction of sp³-hybridized carbons (Fsp3) is 0. The molecule has 0 saturated heterocycles. The minimum atomic E-state index is 0. The molecular formula is C13H8IrNS-. The largest absolute Gasteiger partial charge is 0.303 e. The Labute approximate surface area is 112 Å². The van der Waals surface area contributed by atoms with Gasteiger partial charge in [0, 0.05) is 36.7 Å². The van der Waals surface area contributed by atoms with E-state index in [1.54, 1.807) is 11.3 Å². The predicted octanol–water partition coefficient (Wildman–Crippen LogP) is 3.76. The monoisotopic (exact) mass is 403 g/mol. The summed E-state index contributed by atoms with van der Waals surface area (Å²) in [7, 11) is 0. The molecule has 0 fully saturated rings. The van der Waals surface area contributed by atoms with E-state index in [4.69, 9.17) is 0 Å². The van der Waals surface area contributed by atoms with Crippen LogP contribution in [0, 0.1) is 6.07 Å². The molecule has 3 rings (SSSR count). The molecule has 1 nitrogen and oxygen atoms in total. The number of fused-ring (bicyclic) bond motifs is 1. The van der Waals surface area contributed by atoms with Gasteiger partial charge in [0.2, 0.25) is 0 Å². The summed E-state index contributed by atoms with van der Waals surface area (Å²) in [6, 6.07) is 15.3. The summed E-state index contributed by atoms with van der Waals surface area (Å²) in [5, 5.41) is 3.35. The van der Waals surface area contributed by atoms with Gasteiger partial charge in [0.05, 0.1) is 0 Å². The van der Waals surface area contributed by atoms with Gasteiger partial charge in [0.1, 0.15) is 0 Å². The van der Waals surface area contributed by atoms with Crippen molar-refractivity contribution in [3.05, 3.63) is 54.0 Å². The average molecular weight is 402 g/mol. The zero-order valence-corrected chi connectivity index (χ0v) is 11.5. The van der Waals surface area contributed by atoms with Crippen LogP contribution in [-0.2, 0) is 20.1 Å². The first-order valence-corrected chi connectivity index (χ1v) is 5.62. The van der Waals surface area contributed by atoms with E-state index in [-0.39, 0.29) is 20.1 Å². The molecule has 1 radical (unpaired) electrons. The second-order valence-corrected chi connectivity index (χ2v) is 4.19. The molecule has 0 aliphatic rings. The molecule has 0 bridgehead atoms. The molecule has 0 aliphatic heterocycles. The maximum atomic E-state index is 4.43. The van der Waals surface area contributed by atoms with Crippen molar-refractivity contribution in [3.63, 3.8) is 0 Å². The van der Waals surface area contributed by atoms with E-state index in [0.717, 1.165) is 11.3 Å². The zero-order valence-electron chi connectivity index (χ0n) is 8.31. The number of rotatable bonds is 1. The topological polar surface area (TPSA) is 12.9 Å². The van der Waals surface area contributed by atoms with Crippen molar-refractivity contribution in [1.29, 1.82) is 0 Å². The van der Waals surface area contributed by atoms with Crippen LogP contribution in [0.3, 0.4) is 0 Å². The maximum Gasteiger partial charge on any atom is 0.0186 e. The first kappa shape index (κ1) is 11.5. The first-order chi connectivity index (χ1) is 7.45. The SMILES string of the molecule is [Ir].[c-]1ccccc1-c1nccc2ccsc12. The molecule has 2 heterocycles. The Hall–Kier alpha value is -1.02. The molecule has 0 amide bonds. The van der Waals surface area contributed by atoms with Gasteiger partial charge in [-0.2, -0.15) is 11.3 Å². The second kappa shape index (κ2) is 4.87. The smallest absolute Gasteiger partial charge is 0.0186 e. The Morgan fingerprint density at radius 2 is 2.06 bits per heavy atom. The van der Waals surface area contributed by atoms with Crippen molar-refractivity contribution < 1.29 is 20.1 Å². The van der Waals surface area contributed by atoms with Gasteiger partial charge in [-0.25, -0.2) is 0 Å². The van der Waals surface area contributed by atoms with Gasteiger partial charge in [0.15, 0.2) is 0 Å². The number of thiophene rings is 1. The van der Waals surface area contributed by atoms with E-state index in [0.29, 0.717) is 0 Å². The Bertz CT molecular complexity index is 589. The average Bonchev–Trinajstić information content (AvgIpc) is 2.78. The van der Waals surface area contributed by atoms with Crippen LogP contribution in [0.4, 0.5) is 0 Å². The van der Waals surface area contributed by atoms with Gasteiger partial charge >= 0.3 is 0 Å². The first-order valence-electron chi connectivity index (χ1n) is 4.74. The van der Waals surface area contributed by atoms with Gasteiger partial charge in [-0.1, -0.05) is 0 Å². The fourth-order valence-corrected chi connectivity index (χ4v) is 2.52. The number of pyridine rings is 1. The Morgan fingerprint density at radius 3 is 2.88 bits per heavy atom. The van der Waals surface area contributed by atoms with Crippen molar-refractivity contribution in [2.75, 3.05) is 0 Å². The van der Waals surface area contributed by atoms with Crippen LogP contribution < -0.4 is 0 Å². The van der Waals surface area contributed by atoms with Gasteiger partial charge in [0.25, 0.3) is 0 Å². The molecule has 81 valence electrons. The van der Waals surface area contributed by atoms with Gasteiger partial charge in [-0.05, 0) is 22.9 Å². The van der Waals surface area contributed by atoms with Gasteiger partial charge in [-0.3, -0.25) is 0 Å². The third-order valence-corrected chi connectivity index (χ3v) is 3.27. The predicted molar refractivity (Wildman–Crippen MR) is 63.9 cm³/mol. The van der Waals surface area contributed by atoms with Crippen LogP contribution in [0.1, 0.15) is 0 Å². The van der Waals surface area contributed by atoms with Crippen LogP contribution in [0.15, 0.2) is 48.0 Å². The van der Waals surface area contributed by atoms with Crippen LogP contribution >= 0.6 is 11.3 Å². The van der Waals surface area contributed by atoms with E-state index in [1.807, 2.05) is 36.5 Å². The van der Waals surface area contributed by atoms with E-state index in [9.17, 15) is 0 Å². The van der Waals surface area contributed by atoms with E-state index >= 15 is 0 Å². The minimum Gasteiger partial charge on any atom is -0.303 e. The summed E-state index contributed by atoms with van der Waals surface area (Å²) in [6.07, 6.45) is 1.85. The molecular weight excluding hydrogens is 394 g/mol. The van der Waals surface area contributed by atoms with Crippen molar-refractivity contribution in [1.82, 2.24) is 4.98 Å². The number of nitrogens with zero attached hydrogens (tertiary/aromatic N) is 1. The molecule has 3 heteroatoms. The van der Waals surface area contributed by atoms with E-state index in [2.05, 4.69) is 22.5 Å². The number of benzene rings is 1. The quantitative estimate of drug-likeness (QED) is 0.565. The molecule has 0 aliphatic carbocycles. The third-order valence-electron chi connectivity index (χ3n) is 2.33. The van der Waals surface area contributed by atoms with E-state index in [1.165, 1.54) is 10.1 Å². The molecule has 0 unspecified atom stereocenters. The summed E-state index contributed by atoms with van der Waals surface area (Å²) in [6.45, 7) is 0. The number of hydrogen-bond acceptors (Lipinski definition) is 2. The van der Waals surface area contributed by atoms with Crippen molar-refractivity contribution in [2.24, 2.45) is 0 Å². The second-order valence-electron chi connectivity index (χ2n) is 3.27. The zero-order chi connectivity index (χ0) is 10.1. The Balaban J connectivity index is 0.000000963. The summed E-state index contributed by atoms with van der Waals surface area (Å²) >= 11 is 1.73. The summed E-state index contributed by atoms with van der Waals surface area (Å²) in [5.41, 5.74) is 2.09. The Kier molecular flexibility index (Phi) is 3.49. The van der Waals surface area contributed by atoms with Crippen LogP contribution in [0.25, 0.3) is 21.3 Å². The minimum absolute atomic E-state index is 0. The summed E-state index contributed by atoms with van der Waals surface area (Å²) in [4.78, 5) is 4.43. The number of hydrogen-bond donors (Lipinski definition) is 0. The number of aromatic nitrogens is 1. The normalized spacial score (nSPS) is 10.0. The van der Waals surface area contributed by atoms with Crippen molar-refractivity contribution in [3.8, 4) is 11.3 Å². The third kappa shape index (κ3) is 1.94. The molecule has 0 spiro atoms. The Morgan fingerprint density at radius 1 is 1.12 bits per heavy atom. The molecule has 3 aromatic rings. The summed E-state index contributed by atoms with van der Waals surface area (Å²) < 4.78 is 1.24. The molecule has 16 heavy (non-hydrogen) atoms. The molecule has 0 saturated carbocycles. The molecule has 1 aromatic carbocycles. The van der Waals surface area contributed by atoms with E-state index < -0.39 is 0 Å². The molecule has 2 aromatic heterocycles. The van der Waals surface area contributed by atoms with Crippen LogP contribution in [0.2, 0.25) is 0 Å². The maximum absolute atomic E-state index is 4.43. The molecule has 0 N–H and O–H groups in total. The van der Waals surface area contributed by atoms with Crippen LogP contribution in [-0.4, -0.2) is 4.98 Å². The standard InChI is InChI=1S/C13H8NS.Ir/c1-2-4-10(5-3-1)12-13-11(6-8-14-12)7-9-15-13;/h1-4,6-9H;/q-1;. The van der Waals surface area contributed by atoms with Gasteiger partial charge in [-0.15, -0.1) is 35.9 Å². The van der Waals surface area contributed by atoms with Gasteiger partial charge < -0.3 is 4.98 Å². The fourth-order valence-electron chi connectivity index (χ4n) is 1.63.